The van der Waals surface area contributed by atoms with Gasteiger partial charge in [-0.3, -0.25) is 10.2 Å². The molecular formula is C25H24F3N3O2. The summed E-state index contributed by atoms with van der Waals surface area (Å²) in [4.78, 5) is 12.9. The Balaban J connectivity index is 1.58. The molecule has 3 aromatic rings. The maximum Gasteiger partial charge on any atom is 0.416 e. The monoisotopic (exact) mass is 455 g/mol. The van der Waals surface area contributed by atoms with Crippen LogP contribution in [-0.4, -0.2) is 11.6 Å². The fraction of sp³-hybridized carbons (Fsp3) is 0.280. The van der Waals surface area contributed by atoms with Crippen LogP contribution in [0.4, 0.5) is 24.5 Å². The first-order valence-electron chi connectivity index (χ1n) is 10.6. The van der Waals surface area contributed by atoms with E-state index in [0.29, 0.717) is 35.6 Å². The number of hydrogen-bond acceptors (Lipinski definition) is 4. The van der Waals surface area contributed by atoms with Crippen molar-refractivity contribution in [1.82, 2.24) is 0 Å². The Morgan fingerprint density at radius 2 is 1.79 bits per heavy atom. The van der Waals surface area contributed by atoms with Crippen LogP contribution >= 0.6 is 0 Å². The number of carbonyl (C=O) groups is 1. The molecule has 0 aliphatic heterocycles. The average molecular weight is 455 g/mol. The number of rotatable bonds is 4. The molecule has 0 unspecified atom stereocenters. The number of furan rings is 1. The molecule has 1 aliphatic carbocycles. The van der Waals surface area contributed by atoms with Gasteiger partial charge in [0.05, 0.1) is 17.0 Å². The van der Waals surface area contributed by atoms with Crippen LogP contribution in [0.3, 0.4) is 0 Å². The number of anilines is 2. The average Bonchev–Trinajstić information content (AvgIpc) is 3.12. The molecule has 0 atom stereocenters. The molecule has 2 aromatic carbocycles. The summed E-state index contributed by atoms with van der Waals surface area (Å²) in [6, 6.07) is 10.6. The fourth-order valence-electron chi connectivity index (χ4n) is 3.90. The first-order chi connectivity index (χ1) is 15.6. The van der Waals surface area contributed by atoms with Crippen molar-refractivity contribution in [2.45, 2.75) is 46.2 Å². The largest absolute Gasteiger partial charge is 0.455 e. The third-order valence-electron chi connectivity index (χ3n) is 5.81. The topological polar surface area (TPSA) is 66.6 Å². The van der Waals surface area contributed by atoms with E-state index in [4.69, 9.17) is 4.42 Å². The second-order valence-electron chi connectivity index (χ2n) is 8.21. The van der Waals surface area contributed by atoms with Crippen LogP contribution in [-0.2, 0) is 12.6 Å². The quantitative estimate of drug-likeness (QED) is 0.434. The number of nitrogens with one attached hydrogen (secondary N) is 2. The van der Waals surface area contributed by atoms with Gasteiger partial charge in [0, 0.05) is 23.2 Å². The molecule has 4 rings (SSSR count). The predicted octanol–water partition coefficient (Wildman–Crippen LogP) is 6.63. The van der Waals surface area contributed by atoms with E-state index in [-0.39, 0.29) is 17.4 Å². The molecule has 1 aromatic heterocycles. The molecule has 0 bridgehead atoms. The van der Waals surface area contributed by atoms with Crippen molar-refractivity contribution in [2.75, 3.05) is 10.7 Å². The Bertz CT molecular complexity index is 1240. The highest BCUT2D eigenvalue weighted by Crippen LogP contribution is 2.32. The normalized spacial score (nSPS) is 14.8. The van der Waals surface area contributed by atoms with Crippen molar-refractivity contribution in [1.29, 1.82) is 0 Å². The smallest absolute Gasteiger partial charge is 0.416 e. The molecule has 0 saturated carbocycles. The highest BCUT2D eigenvalue weighted by atomic mass is 19.4. The van der Waals surface area contributed by atoms with E-state index in [9.17, 15) is 18.0 Å². The van der Waals surface area contributed by atoms with Gasteiger partial charge in [-0.05, 0) is 75.1 Å². The Kier molecular flexibility index (Phi) is 6.01. The van der Waals surface area contributed by atoms with Gasteiger partial charge in [-0.2, -0.15) is 18.3 Å². The van der Waals surface area contributed by atoms with E-state index in [0.717, 1.165) is 35.2 Å². The van der Waals surface area contributed by atoms with Gasteiger partial charge in [0.1, 0.15) is 5.76 Å². The number of aryl methyl sites for hydroxylation is 3. The molecule has 0 fully saturated rings. The van der Waals surface area contributed by atoms with E-state index in [1.54, 1.807) is 6.92 Å². The predicted molar refractivity (Wildman–Crippen MR) is 122 cm³/mol. The van der Waals surface area contributed by atoms with Gasteiger partial charge in [0.25, 0.3) is 5.91 Å². The van der Waals surface area contributed by atoms with Gasteiger partial charge in [-0.25, -0.2) is 0 Å². The van der Waals surface area contributed by atoms with Gasteiger partial charge in [-0.1, -0.05) is 12.1 Å². The van der Waals surface area contributed by atoms with Crippen molar-refractivity contribution in [3.63, 3.8) is 0 Å². The van der Waals surface area contributed by atoms with Crippen molar-refractivity contribution in [3.8, 4) is 0 Å². The number of alkyl halides is 3. The number of fused-ring (bicyclic) bond motifs is 1. The number of nitrogens with zero attached hydrogens (tertiary/aromatic N) is 1. The standard InChI is InChI=1S/C25H24F3N3O2/c1-14-10-11-18(12-15(14)2)29-24(32)23-16(3)22-20(8-5-9-21(22)33-23)31-30-19-7-4-6-17(13-19)25(26,27)28/h4,6-7,10-13,30H,5,8-9H2,1-3H3,(H,29,32)/b31-20+. The van der Waals surface area contributed by atoms with Crippen LogP contribution in [0, 0.1) is 20.8 Å². The maximum atomic E-state index is 13.0. The lowest BCUT2D eigenvalue weighted by molar-refractivity contribution is -0.137. The van der Waals surface area contributed by atoms with Crippen LogP contribution in [0.2, 0.25) is 0 Å². The molecule has 172 valence electrons. The summed E-state index contributed by atoms with van der Waals surface area (Å²) < 4.78 is 44.8. The van der Waals surface area contributed by atoms with Crippen LogP contribution in [0.5, 0.6) is 0 Å². The van der Waals surface area contributed by atoms with Crippen LogP contribution in [0.1, 0.15) is 57.0 Å². The summed E-state index contributed by atoms with van der Waals surface area (Å²) in [5.41, 5.74) is 7.15. The molecule has 1 heterocycles. The van der Waals surface area contributed by atoms with E-state index < -0.39 is 11.7 Å². The van der Waals surface area contributed by atoms with Crippen LogP contribution in [0.25, 0.3) is 0 Å². The summed E-state index contributed by atoms with van der Waals surface area (Å²) in [6.45, 7) is 5.77. The summed E-state index contributed by atoms with van der Waals surface area (Å²) in [7, 11) is 0. The summed E-state index contributed by atoms with van der Waals surface area (Å²) >= 11 is 0. The molecule has 1 aliphatic rings. The van der Waals surface area contributed by atoms with E-state index in [1.807, 2.05) is 32.0 Å². The Morgan fingerprint density at radius 1 is 1.00 bits per heavy atom. The van der Waals surface area contributed by atoms with Gasteiger partial charge in [0.2, 0.25) is 0 Å². The highest BCUT2D eigenvalue weighted by Gasteiger charge is 2.31. The summed E-state index contributed by atoms with van der Waals surface area (Å²) in [5.74, 6) is 0.524. The number of benzene rings is 2. The van der Waals surface area contributed by atoms with E-state index in [2.05, 4.69) is 15.8 Å². The van der Waals surface area contributed by atoms with Crippen LogP contribution in [0.15, 0.2) is 52.0 Å². The lowest BCUT2D eigenvalue weighted by atomic mass is 9.93. The van der Waals surface area contributed by atoms with Gasteiger partial charge >= 0.3 is 6.18 Å². The lowest BCUT2D eigenvalue weighted by Crippen LogP contribution is -2.14. The molecule has 0 saturated heterocycles. The third-order valence-corrected chi connectivity index (χ3v) is 5.81. The molecule has 0 radical (unpaired) electrons. The van der Waals surface area contributed by atoms with Crippen molar-refractivity contribution in [3.05, 3.63) is 81.8 Å². The zero-order chi connectivity index (χ0) is 23.8. The zero-order valence-electron chi connectivity index (χ0n) is 18.6. The van der Waals surface area contributed by atoms with Gasteiger partial charge < -0.3 is 9.73 Å². The zero-order valence-corrected chi connectivity index (χ0v) is 18.6. The second kappa shape index (κ2) is 8.77. The summed E-state index contributed by atoms with van der Waals surface area (Å²) in [5, 5.41) is 7.24. The molecule has 33 heavy (non-hydrogen) atoms. The van der Waals surface area contributed by atoms with Gasteiger partial charge in [-0.15, -0.1) is 0 Å². The number of carbonyl (C=O) groups excluding carboxylic acids is 1. The van der Waals surface area contributed by atoms with E-state index in [1.165, 1.54) is 12.1 Å². The SMILES string of the molecule is Cc1ccc(NC(=O)c2oc3c(c2C)/C(=N/Nc2cccc(C(F)(F)F)c2)CCC3)cc1C. The molecule has 2 N–H and O–H groups in total. The second-order valence-corrected chi connectivity index (χ2v) is 8.21. The van der Waals surface area contributed by atoms with Crippen molar-refractivity contribution >= 4 is 23.0 Å². The van der Waals surface area contributed by atoms with Crippen LogP contribution < -0.4 is 10.7 Å². The third kappa shape index (κ3) is 4.79. The fourth-order valence-corrected chi connectivity index (χ4v) is 3.90. The Hall–Kier alpha value is -3.55. The molecule has 5 nitrogen and oxygen atoms in total. The maximum absolute atomic E-state index is 13.0. The minimum Gasteiger partial charge on any atom is -0.455 e. The molecule has 0 spiro atoms. The van der Waals surface area contributed by atoms with Gasteiger partial charge in [0.15, 0.2) is 5.76 Å². The summed E-state index contributed by atoms with van der Waals surface area (Å²) in [6.07, 6.45) is -2.38. The first-order valence-corrected chi connectivity index (χ1v) is 10.6. The number of hydrogen-bond donors (Lipinski definition) is 2. The highest BCUT2D eigenvalue weighted by molar-refractivity contribution is 6.09. The minimum atomic E-state index is -4.43. The Labute approximate surface area is 189 Å². The lowest BCUT2D eigenvalue weighted by Gasteiger charge is -2.14. The Morgan fingerprint density at radius 3 is 2.52 bits per heavy atom. The number of hydrazone groups is 1. The molecular weight excluding hydrogens is 431 g/mol. The van der Waals surface area contributed by atoms with Crippen molar-refractivity contribution in [2.24, 2.45) is 5.10 Å². The number of halogens is 3. The number of amides is 1. The van der Waals surface area contributed by atoms with E-state index >= 15 is 0 Å². The minimum absolute atomic E-state index is 0.215. The molecule has 8 heteroatoms. The molecule has 1 amide bonds. The van der Waals surface area contributed by atoms with Crippen molar-refractivity contribution < 1.29 is 22.4 Å². The first kappa shape index (κ1) is 22.6.